The van der Waals surface area contributed by atoms with Gasteiger partial charge in [-0.2, -0.15) is 0 Å². The molecule has 1 N–H and O–H groups in total. The maximum Gasteiger partial charge on any atom is 0.252 e. The van der Waals surface area contributed by atoms with Crippen LogP contribution in [0, 0.1) is 6.92 Å². The summed E-state index contributed by atoms with van der Waals surface area (Å²) in [6.07, 6.45) is 3.54. The molecule has 0 fully saturated rings. The number of hydrogen-bond donors (Lipinski definition) is 1. The molecule has 0 bridgehead atoms. The fourth-order valence-corrected chi connectivity index (χ4v) is 3.00. The van der Waals surface area contributed by atoms with Crippen molar-refractivity contribution in [2.75, 3.05) is 0 Å². The van der Waals surface area contributed by atoms with E-state index in [1.54, 1.807) is 12.4 Å². The van der Waals surface area contributed by atoms with Gasteiger partial charge in [0.1, 0.15) is 0 Å². The van der Waals surface area contributed by atoms with E-state index in [1.165, 1.54) is 11.1 Å². The van der Waals surface area contributed by atoms with Gasteiger partial charge in [-0.15, -0.1) is 0 Å². The first-order valence-corrected chi connectivity index (χ1v) is 9.22. The van der Waals surface area contributed by atoms with Crippen molar-refractivity contribution in [1.29, 1.82) is 0 Å². The molecule has 3 heteroatoms. The molecule has 3 aromatic rings. The van der Waals surface area contributed by atoms with Crippen molar-refractivity contribution in [3.8, 4) is 0 Å². The van der Waals surface area contributed by atoms with Gasteiger partial charge in [-0.25, -0.2) is 0 Å². The van der Waals surface area contributed by atoms with Crippen molar-refractivity contribution in [3.63, 3.8) is 0 Å². The second kappa shape index (κ2) is 7.75. The molecule has 3 nitrogen and oxygen atoms in total. The third-order valence-electron chi connectivity index (χ3n) is 4.72. The highest BCUT2D eigenvalue weighted by Crippen LogP contribution is 2.24. The Morgan fingerprint density at radius 1 is 0.926 bits per heavy atom. The standard InChI is InChI=1S/C24H26N2O/c1-17-7-9-18(10-8-17)22(20-6-5-15-25-16-20)26-23(27)19-11-13-21(14-12-19)24(2,3)4/h5-16,22H,1-4H3,(H,26,27)/t22-/m0/s1. The molecule has 1 aromatic heterocycles. The molecule has 0 aliphatic rings. The lowest BCUT2D eigenvalue weighted by Crippen LogP contribution is -2.29. The predicted molar refractivity (Wildman–Crippen MR) is 110 cm³/mol. The van der Waals surface area contributed by atoms with Gasteiger partial charge in [-0.3, -0.25) is 9.78 Å². The zero-order valence-electron chi connectivity index (χ0n) is 16.4. The second-order valence-corrected chi connectivity index (χ2v) is 7.93. The molecule has 0 unspecified atom stereocenters. The van der Waals surface area contributed by atoms with Gasteiger partial charge in [0.25, 0.3) is 5.91 Å². The SMILES string of the molecule is Cc1ccc([C@H](NC(=O)c2ccc(C(C)(C)C)cc2)c2cccnc2)cc1. The molecule has 0 aliphatic carbocycles. The quantitative estimate of drug-likeness (QED) is 0.696. The Morgan fingerprint density at radius 2 is 1.59 bits per heavy atom. The van der Waals surface area contributed by atoms with E-state index in [2.05, 4.69) is 62.3 Å². The third kappa shape index (κ3) is 4.62. The second-order valence-electron chi connectivity index (χ2n) is 7.93. The van der Waals surface area contributed by atoms with E-state index in [9.17, 15) is 4.79 Å². The van der Waals surface area contributed by atoms with E-state index in [-0.39, 0.29) is 17.4 Å². The topological polar surface area (TPSA) is 42.0 Å². The van der Waals surface area contributed by atoms with Crippen molar-refractivity contribution in [1.82, 2.24) is 10.3 Å². The lowest BCUT2D eigenvalue weighted by molar-refractivity contribution is 0.0943. The van der Waals surface area contributed by atoms with E-state index in [4.69, 9.17) is 0 Å². The summed E-state index contributed by atoms with van der Waals surface area (Å²) in [6.45, 7) is 8.55. The summed E-state index contributed by atoms with van der Waals surface area (Å²) in [5, 5.41) is 3.16. The smallest absolute Gasteiger partial charge is 0.252 e. The predicted octanol–water partition coefficient (Wildman–Crippen LogP) is 5.21. The van der Waals surface area contributed by atoms with Gasteiger partial charge in [-0.1, -0.05) is 68.8 Å². The summed E-state index contributed by atoms with van der Waals surface area (Å²) in [6, 6.07) is 19.7. The first-order chi connectivity index (χ1) is 12.8. The number of amides is 1. The summed E-state index contributed by atoms with van der Waals surface area (Å²) in [7, 11) is 0. The first-order valence-electron chi connectivity index (χ1n) is 9.22. The number of carbonyl (C=O) groups excluding carboxylic acids is 1. The summed E-state index contributed by atoms with van der Waals surface area (Å²) in [4.78, 5) is 17.1. The number of nitrogens with zero attached hydrogens (tertiary/aromatic N) is 1. The Morgan fingerprint density at radius 3 is 2.15 bits per heavy atom. The Labute approximate surface area is 161 Å². The van der Waals surface area contributed by atoms with E-state index in [0.29, 0.717) is 5.56 Å². The van der Waals surface area contributed by atoms with Crippen molar-refractivity contribution in [3.05, 3.63) is 101 Å². The van der Waals surface area contributed by atoms with Gasteiger partial charge >= 0.3 is 0 Å². The zero-order chi connectivity index (χ0) is 19.4. The van der Waals surface area contributed by atoms with Gasteiger partial charge in [0.2, 0.25) is 0 Å². The average Bonchev–Trinajstić information content (AvgIpc) is 2.67. The van der Waals surface area contributed by atoms with Crippen LogP contribution in [0.4, 0.5) is 0 Å². The van der Waals surface area contributed by atoms with Gasteiger partial charge < -0.3 is 5.32 Å². The summed E-state index contributed by atoms with van der Waals surface area (Å²) in [5.41, 5.74) is 5.11. The third-order valence-corrected chi connectivity index (χ3v) is 4.72. The van der Waals surface area contributed by atoms with Crippen molar-refractivity contribution in [2.45, 2.75) is 39.2 Å². The average molecular weight is 358 g/mol. The number of rotatable bonds is 4. The van der Waals surface area contributed by atoms with Crippen molar-refractivity contribution < 1.29 is 4.79 Å². The molecule has 1 heterocycles. The minimum absolute atomic E-state index is 0.0646. The van der Waals surface area contributed by atoms with Crippen LogP contribution < -0.4 is 5.32 Å². The summed E-state index contributed by atoms with van der Waals surface area (Å²) >= 11 is 0. The molecule has 1 amide bonds. The van der Waals surface area contributed by atoms with Crippen LogP contribution in [-0.2, 0) is 5.41 Å². The molecule has 138 valence electrons. The number of hydrogen-bond acceptors (Lipinski definition) is 2. The molecule has 1 atom stereocenters. The fourth-order valence-electron chi connectivity index (χ4n) is 3.00. The van der Waals surface area contributed by atoms with Crippen LogP contribution in [0.15, 0.2) is 73.1 Å². The van der Waals surface area contributed by atoms with E-state index < -0.39 is 0 Å². The van der Waals surface area contributed by atoms with E-state index in [0.717, 1.165) is 11.1 Å². The monoisotopic (exact) mass is 358 g/mol. The molecule has 0 saturated carbocycles. The van der Waals surface area contributed by atoms with Crippen molar-refractivity contribution >= 4 is 5.91 Å². The Balaban J connectivity index is 1.88. The maximum absolute atomic E-state index is 12.9. The van der Waals surface area contributed by atoms with E-state index in [1.807, 2.05) is 36.4 Å². The minimum Gasteiger partial charge on any atom is -0.341 e. The molecule has 27 heavy (non-hydrogen) atoms. The van der Waals surface area contributed by atoms with Crippen LogP contribution in [0.2, 0.25) is 0 Å². The lowest BCUT2D eigenvalue weighted by Gasteiger charge is -2.21. The Bertz CT molecular complexity index is 892. The van der Waals surface area contributed by atoms with Crippen LogP contribution in [0.25, 0.3) is 0 Å². The summed E-state index contributed by atoms with van der Waals surface area (Å²) < 4.78 is 0. The molecule has 0 aliphatic heterocycles. The van der Waals surface area contributed by atoms with Crippen LogP contribution >= 0.6 is 0 Å². The first kappa shape index (κ1) is 18.8. The van der Waals surface area contributed by atoms with Gasteiger partial charge in [0.05, 0.1) is 6.04 Å². The number of benzene rings is 2. The number of pyridine rings is 1. The highest BCUT2D eigenvalue weighted by Gasteiger charge is 2.19. The lowest BCUT2D eigenvalue weighted by atomic mass is 9.86. The maximum atomic E-state index is 12.9. The Kier molecular flexibility index (Phi) is 5.41. The number of aryl methyl sites for hydroxylation is 1. The van der Waals surface area contributed by atoms with Crippen LogP contribution in [0.5, 0.6) is 0 Å². The number of nitrogens with one attached hydrogen (secondary N) is 1. The largest absolute Gasteiger partial charge is 0.341 e. The highest BCUT2D eigenvalue weighted by atomic mass is 16.1. The molecule has 0 spiro atoms. The van der Waals surface area contributed by atoms with Crippen LogP contribution in [-0.4, -0.2) is 10.9 Å². The minimum atomic E-state index is -0.242. The summed E-state index contributed by atoms with van der Waals surface area (Å²) in [5.74, 6) is -0.0927. The van der Waals surface area contributed by atoms with Gasteiger partial charge in [0, 0.05) is 18.0 Å². The molecular formula is C24H26N2O. The van der Waals surface area contributed by atoms with Gasteiger partial charge in [-0.05, 0) is 47.2 Å². The highest BCUT2D eigenvalue weighted by molar-refractivity contribution is 5.94. The van der Waals surface area contributed by atoms with Crippen LogP contribution in [0.3, 0.4) is 0 Å². The molecular weight excluding hydrogens is 332 g/mol. The number of aromatic nitrogens is 1. The zero-order valence-corrected chi connectivity index (χ0v) is 16.4. The van der Waals surface area contributed by atoms with Crippen molar-refractivity contribution in [2.24, 2.45) is 0 Å². The molecule has 0 radical (unpaired) electrons. The van der Waals surface area contributed by atoms with Crippen LogP contribution in [0.1, 0.15) is 59.4 Å². The molecule has 2 aromatic carbocycles. The molecule has 3 rings (SSSR count). The van der Waals surface area contributed by atoms with E-state index >= 15 is 0 Å². The normalized spacial score (nSPS) is 12.4. The Hall–Kier alpha value is -2.94. The van der Waals surface area contributed by atoms with Gasteiger partial charge in [0.15, 0.2) is 0 Å². The molecule has 0 saturated heterocycles. The number of carbonyl (C=O) groups is 1. The fraction of sp³-hybridized carbons (Fsp3) is 0.250.